The van der Waals surface area contributed by atoms with E-state index in [0.717, 1.165) is 10.5 Å². The Kier molecular flexibility index (Phi) is 5.68. The fourth-order valence-electron chi connectivity index (χ4n) is 2.33. The summed E-state index contributed by atoms with van der Waals surface area (Å²) in [5, 5.41) is 2.69. The molecule has 7 nitrogen and oxygen atoms in total. The van der Waals surface area contributed by atoms with Gasteiger partial charge in [0, 0.05) is 25.1 Å². The molecule has 1 aliphatic rings. The quantitative estimate of drug-likeness (QED) is 0.628. The minimum atomic E-state index is -0.970. The Labute approximate surface area is 140 Å². The average molecular weight is 332 g/mol. The number of carbonyl (C=O) groups excluding carboxylic acids is 4. The van der Waals surface area contributed by atoms with Crippen LogP contribution >= 0.6 is 0 Å². The van der Waals surface area contributed by atoms with Crippen molar-refractivity contribution in [3.05, 3.63) is 29.8 Å². The Balaban J connectivity index is 1.80. The van der Waals surface area contributed by atoms with Crippen molar-refractivity contribution in [3.63, 3.8) is 0 Å². The van der Waals surface area contributed by atoms with Crippen molar-refractivity contribution in [2.24, 2.45) is 0 Å². The standard InChI is InChI=1S/C17H20N2O5/c1-11-5-3-4-6-13(11)18-17(23)12(2)24-16(22)9-10-19-14(20)7-8-15(19)21/h3-6,12H,7-10H2,1-2H3,(H,18,23)/t12-/m0/s1. The molecule has 1 aliphatic heterocycles. The van der Waals surface area contributed by atoms with Gasteiger partial charge in [0.2, 0.25) is 11.8 Å². The Morgan fingerprint density at radius 1 is 1.21 bits per heavy atom. The van der Waals surface area contributed by atoms with Crippen molar-refractivity contribution >= 4 is 29.4 Å². The maximum absolute atomic E-state index is 12.1. The maximum Gasteiger partial charge on any atom is 0.308 e. The van der Waals surface area contributed by atoms with E-state index in [-0.39, 0.29) is 37.6 Å². The van der Waals surface area contributed by atoms with Gasteiger partial charge in [-0.05, 0) is 25.5 Å². The molecule has 128 valence electrons. The zero-order chi connectivity index (χ0) is 17.7. The van der Waals surface area contributed by atoms with Gasteiger partial charge in [-0.2, -0.15) is 0 Å². The van der Waals surface area contributed by atoms with Gasteiger partial charge in [0.25, 0.3) is 5.91 Å². The lowest BCUT2D eigenvalue weighted by Crippen LogP contribution is -2.34. The summed E-state index contributed by atoms with van der Waals surface area (Å²) in [7, 11) is 0. The predicted molar refractivity (Wildman–Crippen MR) is 85.9 cm³/mol. The molecule has 1 N–H and O–H groups in total. The molecule has 0 aliphatic carbocycles. The zero-order valence-corrected chi connectivity index (χ0v) is 13.7. The molecule has 0 aromatic heterocycles. The van der Waals surface area contributed by atoms with E-state index in [2.05, 4.69) is 5.32 Å². The molecule has 0 unspecified atom stereocenters. The second-order valence-electron chi connectivity index (χ2n) is 5.63. The monoisotopic (exact) mass is 332 g/mol. The molecular formula is C17H20N2O5. The first kappa shape index (κ1) is 17.7. The molecule has 1 saturated heterocycles. The molecule has 0 saturated carbocycles. The highest BCUT2D eigenvalue weighted by Crippen LogP contribution is 2.14. The van der Waals surface area contributed by atoms with E-state index in [1.54, 1.807) is 12.1 Å². The number of esters is 1. The van der Waals surface area contributed by atoms with Crippen LogP contribution in [0.2, 0.25) is 0 Å². The van der Waals surface area contributed by atoms with E-state index < -0.39 is 18.0 Å². The van der Waals surface area contributed by atoms with Gasteiger partial charge in [0.05, 0.1) is 6.42 Å². The number of hydrogen-bond acceptors (Lipinski definition) is 5. The van der Waals surface area contributed by atoms with Crippen molar-refractivity contribution in [1.29, 1.82) is 0 Å². The molecular weight excluding hydrogens is 312 g/mol. The number of benzene rings is 1. The Bertz CT molecular complexity index is 655. The highest BCUT2D eigenvalue weighted by atomic mass is 16.5. The van der Waals surface area contributed by atoms with Gasteiger partial charge in [-0.3, -0.25) is 24.1 Å². The normalized spacial score (nSPS) is 15.3. The molecule has 0 bridgehead atoms. The van der Waals surface area contributed by atoms with Crippen LogP contribution < -0.4 is 5.32 Å². The SMILES string of the molecule is Cc1ccccc1NC(=O)[C@H](C)OC(=O)CCN1C(=O)CCC1=O. The van der Waals surface area contributed by atoms with Crippen LogP contribution in [0.5, 0.6) is 0 Å². The van der Waals surface area contributed by atoms with Crippen LogP contribution in [0.1, 0.15) is 31.7 Å². The zero-order valence-electron chi connectivity index (χ0n) is 13.7. The van der Waals surface area contributed by atoms with Crippen LogP contribution in [-0.2, 0) is 23.9 Å². The molecule has 24 heavy (non-hydrogen) atoms. The number of anilines is 1. The van der Waals surface area contributed by atoms with E-state index in [0.29, 0.717) is 5.69 Å². The van der Waals surface area contributed by atoms with Crippen molar-refractivity contribution in [2.45, 2.75) is 39.2 Å². The van der Waals surface area contributed by atoms with Crippen LogP contribution in [0.25, 0.3) is 0 Å². The average Bonchev–Trinajstić information content (AvgIpc) is 2.86. The molecule has 1 aromatic carbocycles. The van der Waals surface area contributed by atoms with Crippen molar-refractivity contribution in [2.75, 3.05) is 11.9 Å². The number of amides is 3. The van der Waals surface area contributed by atoms with Crippen LogP contribution in [-0.4, -0.2) is 41.2 Å². The smallest absolute Gasteiger partial charge is 0.308 e. The summed E-state index contributed by atoms with van der Waals surface area (Å²) < 4.78 is 5.05. The van der Waals surface area contributed by atoms with Crippen molar-refractivity contribution in [1.82, 2.24) is 4.90 Å². The third-order valence-electron chi connectivity index (χ3n) is 3.77. The van der Waals surface area contributed by atoms with E-state index in [9.17, 15) is 19.2 Å². The lowest BCUT2D eigenvalue weighted by molar-refractivity contribution is -0.154. The molecule has 1 aromatic rings. The first-order valence-corrected chi connectivity index (χ1v) is 7.77. The first-order chi connectivity index (χ1) is 11.4. The number of carbonyl (C=O) groups is 4. The molecule has 1 heterocycles. The fourth-order valence-corrected chi connectivity index (χ4v) is 2.33. The third-order valence-corrected chi connectivity index (χ3v) is 3.77. The molecule has 1 fully saturated rings. The van der Waals surface area contributed by atoms with Gasteiger partial charge < -0.3 is 10.1 Å². The minimum Gasteiger partial charge on any atom is -0.452 e. The number of hydrogen-bond donors (Lipinski definition) is 1. The van der Waals surface area contributed by atoms with Gasteiger partial charge in [-0.15, -0.1) is 0 Å². The van der Waals surface area contributed by atoms with Crippen LogP contribution in [0.3, 0.4) is 0 Å². The Morgan fingerprint density at radius 3 is 2.46 bits per heavy atom. The fraction of sp³-hybridized carbons (Fsp3) is 0.412. The summed E-state index contributed by atoms with van der Waals surface area (Å²) in [5.74, 6) is -1.63. The topological polar surface area (TPSA) is 92.8 Å². The number of nitrogens with zero attached hydrogens (tertiary/aromatic N) is 1. The molecule has 0 spiro atoms. The summed E-state index contributed by atoms with van der Waals surface area (Å²) in [4.78, 5) is 47.8. The third kappa shape index (κ3) is 4.41. The van der Waals surface area contributed by atoms with Gasteiger partial charge in [0.15, 0.2) is 6.10 Å². The molecule has 3 amide bonds. The molecule has 0 radical (unpaired) electrons. The number of nitrogens with one attached hydrogen (secondary N) is 1. The number of imide groups is 1. The second kappa shape index (κ2) is 7.72. The van der Waals surface area contributed by atoms with Crippen LogP contribution in [0.15, 0.2) is 24.3 Å². The summed E-state index contributed by atoms with van der Waals surface area (Å²) in [6, 6.07) is 7.27. The van der Waals surface area contributed by atoms with E-state index >= 15 is 0 Å². The van der Waals surface area contributed by atoms with E-state index in [1.165, 1.54) is 6.92 Å². The number of aryl methyl sites for hydroxylation is 1. The van der Waals surface area contributed by atoms with Gasteiger partial charge in [0.1, 0.15) is 0 Å². The Hall–Kier alpha value is -2.70. The minimum absolute atomic E-state index is 0.0113. The number of ether oxygens (including phenoxy) is 1. The first-order valence-electron chi connectivity index (χ1n) is 7.77. The largest absolute Gasteiger partial charge is 0.452 e. The van der Waals surface area contributed by atoms with Crippen LogP contribution in [0.4, 0.5) is 5.69 Å². The second-order valence-corrected chi connectivity index (χ2v) is 5.63. The Morgan fingerprint density at radius 2 is 1.83 bits per heavy atom. The lowest BCUT2D eigenvalue weighted by atomic mass is 10.2. The molecule has 1 atom stereocenters. The molecule has 7 heteroatoms. The van der Waals surface area contributed by atoms with Gasteiger partial charge >= 0.3 is 5.97 Å². The number of rotatable bonds is 6. The summed E-state index contributed by atoms with van der Waals surface area (Å²) in [6.07, 6.45) is -0.729. The van der Waals surface area contributed by atoms with Gasteiger partial charge in [-0.1, -0.05) is 18.2 Å². The van der Waals surface area contributed by atoms with Crippen molar-refractivity contribution in [3.8, 4) is 0 Å². The predicted octanol–water partition coefficient (Wildman–Crippen LogP) is 1.40. The highest BCUT2D eigenvalue weighted by Gasteiger charge is 2.29. The van der Waals surface area contributed by atoms with E-state index in [1.807, 2.05) is 19.1 Å². The lowest BCUT2D eigenvalue weighted by Gasteiger charge is -2.16. The summed E-state index contributed by atoms with van der Waals surface area (Å²) in [6.45, 7) is 3.32. The van der Waals surface area contributed by atoms with E-state index in [4.69, 9.17) is 4.74 Å². The van der Waals surface area contributed by atoms with Gasteiger partial charge in [-0.25, -0.2) is 0 Å². The van der Waals surface area contributed by atoms with Crippen molar-refractivity contribution < 1.29 is 23.9 Å². The highest BCUT2D eigenvalue weighted by molar-refractivity contribution is 6.02. The number of likely N-dealkylation sites (tertiary alicyclic amines) is 1. The molecule has 2 rings (SSSR count). The summed E-state index contributed by atoms with van der Waals surface area (Å²) in [5.41, 5.74) is 1.55. The maximum atomic E-state index is 12.1. The number of para-hydroxylation sites is 1. The van der Waals surface area contributed by atoms with Crippen LogP contribution in [0, 0.1) is 6.92 Å². The summed E-state index contributed by atoms with van der Waals surface area (Å²) >= 11 is 0.